The van der Waals surface area contributed by atoms with E-state index in [1.165, 1.54) is 19.3 Å². The van der Waals surface area contributed by atoms with Gasteiger partial charge in [0, 0.05) is 20.3 Å². The standard InChI is InChI=1S/C16H31NO2/c1-15(2)13-6-7-16(15,3)14(12-13)19-11-9-17-8-5-10-18-4/h13-14,17H,5-12H2,1-4H3. The molecule has 0 heterocycles. The van der Waals surface area contributed by atoms with Gasteiger partial charge in [-0.3, -0.25) is 0 Å². The van der Waals surface area contributed by atoms with E-state index >= 15 is 0 Å². The topological polar surface area (TPSA) is 30.5 Å². The van der Waals surface area contributed by atoms with Crippen LogP contribution in [0.1, 0.15) is 46.5 Å². The van der Waals surface area contributed by atoms with Gasteiger partial charge in [-0.05, 0) is 49.0 Å². The van der Waals surface area contributed by atoms with Crippen LogP contribution in [0.2, 0.25) is 0 Å². The van der Waals surface area contributed by atoms with E-state index in [1.54, 1.807) is 7.11 Å². The second-order valence-electron chi connectivity index (χ2n) is 7.07. The zero-order valence-electron chi connectivity index (χ0n) is 13.1. The van der Waals surface area contributed by atoms with Crippen LogP contribution in [0, 0.1) is 16.7 Å². The number of fused-ring (bicyclic) bond motifs is 2. The molecule has 2 aliphatic carbocycles. The fraction of sp³-hybridized carbons (Fsp3) is 1.00. The Morgan fingerprint density at radius 2 is 1.95 bits per heavy atom. The van der Waals surface area contributed by atoms with Crippen LogP contribution in [0.15, 0.2) is 0 Å². The SMILES string of the molecule is COCCCNCCOC1CC2CCC1(C)C2(C)C. The molecule has 3 unspecified atom stereocenters. The second-order valence-corrected chi connectivity index (χ2v) is 7.07. The van der Waals surface area contributed by atoms with Crippen LogP contribution in [0.5, 0.6) is 0 Å². The summed E-state index contributed by atoms with van der Waals surface area (Å²) in [6.07, 6.45) is 5.57. The number of hydrogen-bond donors (Lipinski definition) is 1. The van der Waals surface area contributed by atoms with E-state index in [0.717, 1.165) is 38.6 Å². The van der Waals surface area contributed by atoms with Crippen molar-refractivity contribution in [3.8, 4) is 0 Å². The van der Waals surface area contributed by atoms with Gasteiger partial charge in [0.25, 0.3) is 0 Å². The van der Waals surface area contributed by atoms with Gasteiger partial charge in [0.1, 0.15) is 0 Å². The molecule has 2 rings (SSSR count). The Hall–Kier alpha value is -0.120. The van der Waals surface area contributed by atoms with E-state index in [-0.39, 0.29) is 0 Å². The highest BCUT2D eigenvalue weighted by molar-refractivity contribution is 5.11. The van der Waals surface area contributed by atoms with Crippen molar-refractivity contribution in [3.63, 3.8) is 0 Å². The summed E-state index contributed by atoms with van der Waals surface area (Å²) in [5.41, 5.74) is 0.858. The smallest absolute Gasteiger partial charge is 0.0637 e. The maximum absolute atomic E-state index is 6.19. The highest BCUT2D eigenvalue weighted by atomic mass is 16.5. The minimum Gasteiger partial charge on any atom is -0.385 e. The van der Waals surface area contributed by atoms with Crippen molar-refractivity contribution >= 4 is 0 Å². The first kappa shape index (κ1) is 15.3. The summed E-state index contributed by atoms with van der Waals surface area (Å²) < 4.78 is 11.2. The number of nitrogens with one attached hydrogen (secondary N) is 1. The first-order chi connectivity index (χ1) is 9.02. The molecule has 2 saturated carbocycles. The average molecular weight is 269 g/mol. The van der Waals surface area contributed by atoms with E-state index in [1.807, 2.05) is 0 Å². The van der Waals surface area contributed by atoms with Gasteiger partial charge in [-0.2, -0.15) is 0 Å². The van der Waals surface area contributed by atoms with E-state index in [4.69, 9.17) is 9.47 Å². The Morgan fingerprint density at radius 3 is 2.53 bits per heavy atom. The van der Waals surface area contributed by atoms with E-state index < -0.39 is 0 Å². The average Bonchev–Trinajstić information content (AvgIpc) is 2.70. The van der Waals surface area contributed by atoms with Crippen molar-refractivity contribution in [1.82, 2.24) is 5.32 Å². The molecule has 0 amide bonds. The zero-order chi connectivity index (χ0) is 13.9. The number of hydrogen-bond acceptors (Lipinski definition) is 3. The lowest BCUT2D eigenvalue weighted by molar-refractivity contribution is -0.0449. The summed E-state index contributed by atoms with van der Waals surface area (Å²) >= 11 is 0. The lowest BCUT2D eigenvalue weighted by atomic mass is 9.70. The Labute approximate surface area is 118 Å². The fourth-order valence-corrected chi connectivity index (χ4v) is 4.12. The predicted octanol–water partition coefficient (Wildman–Crippen LogP) is 2.84. The van der Waals surface area contributed by atoms with Crippen LogP contribution in [-0.4, -0.2) is 39.5 Å². The lowest BCUT2D eigenvalue weighted by Gasteiger charge is -2.38. The molecule has 1 N–H and O–H groups in total. The summed E-state index contributed by atoms with van der Waals surface area (Å²) in [6.45, 7) is 11.0. The van der Waals surface area contributed by atoms with Gasteiger partial charge in [-0.15, -0.1) is 0 Å². The molecule has 0 radical (unpaired) electrons. The summed E-state index contributed by atoms with van der Waals surface area (Å²) in [4.78, 5) is 0. The molecule has 19 heavy (non-hydrogen) atoms. The molecule has 0 spiro atoms. The number of methoxy groups -OCH3 is 1. The molecular weight excluding hydrogens is 238 g/mol. The molecule has 3 nitrogen and oxygen atoms in total. The normalized spacial score (nSPS) is 36.0. The summed E-state index contributed by atoms with van der Waals surface area (Å²) in [5, 5.41) is 3.42. The molecule has 0 aromatic heterocycles. The molecule has 2 fully saturated rings. The van der Waals surface area contributed by atoms with Crippen molar-refractivity contribution in [2.45, 2.75) is 52.6 Å². The minimum absolute atomic E-state index is 0.397. The van der Waals surface area contributed by atoms with Gasteiger partial charge in [-0.1, -0.05) is 20.8 Å². The first-order valence-corrected chi connectivity index (χ1v) is 7.83. The Balaban J connectivity index is 1.65. The van der Waals surface area contributed by atoms with Gasteiger partial charge in [-0.25, -0.2) is 0 Å². The maximum atomic E-state index is 6.19. The Morgan fingerprint density at radius 1 is 1.16 bits per heavy atom. The molecule has 0 aliphatic heterocycles. The third-order valence-corrected chi connectivity index (χ3v) is 6.01. The molecule has 112 valence electrons. The molecule has 2 aliphatic rings. The summed E-state index contributed by atoms with van der Waals surface area (Å²) in [6, 6.07) is 0. The molecule has 0 aromatic rings. The van der Waals surface area contributed by atoms with Crippen molar-refractivity contribution in [2.24, 2.45) is 16.7 Å². The van der Waals surface area contributed by atoms with Gasteiger partial charge in [0.2, 0.25) is 0 Å². The third kappa shape index (κ3) is 2.84. The van der Waals surface area contributed by atoms with E-state index in [9.17, 15) is 0 Å². The van der Waals surface area contributed by atoms with Crippen LogP contribution in [0.4, 0.5) is 0 Å². The molecule has 3 atom stereocenters. The van der Waals surface area contributed by atoms with Gasteiger partial charge >= 0.3 is 0 Å². The highest BCUT2D eigenvalue weighted by Crippen LogP contribution is 2.66. The third-order valence-electron chi connectivity index (χ3n) is 6.01. The number of rotatable bonds is 8. The van der Waals surface area contributed by atoms with E-state index in [0.29, 0.717) is 16.9 Å². The highest BCUT2D eigenvalue weighted by Gasteiger charge is 2.61. The lowest BCUT2D eigenvalue weighted by Crippen LogP contribution is -2.38. The van der Waals surface area contributed by atoms with Crippen molar-refractivity contribution in [2.75, 3.05) is 33.4 Å². The largest absolute Gasteiger partial charge is 0.385 e. The maximum Gasteiger partial charge on any atom is 0.0637 e. The first-order valence-electron chi connectivity index (χ1n) is 7.83. The van der Waals surface area contributed by atoms with Crippen LogP contribution < -0.4 is 5.32 Å². The Kier molecular flexibility index (Phi) is 4.91. The molecule has 2 bridgehead atoms. The van der Waals surface area contributed by atoms with Gasteiger partial charge < -0.3 is 14.8 Å². The second kappa shape index (κ2) is 6.11. The van der Waals surface area contributed by atoms with Crippen LogP contribution in [-0.2, 0) is 9.47 Å². The van der Waals surface area contributed by atoms with Gasteiger partial charge in [0.05, 0.1) is 12.7 Å². The predicted molar refractivity (Wildman–Crippen MR) is 78.3 cm³/mol. The molecular formula is C16H31NO2. The van der Waals surface area contributed by atoms with Crippen molar-refractivity contribution in [1.29, 1.82) is 0 Å². The van der Waals surface area contributed by atoms with Crippen LogP contribution in [0.25, 0.3) is 0 Å². The fourth-order valence-electron chi connectivity index (χ4n) is 4.12. The van der Waals surface area contributed by atoms with Crippen molar-refractivity contribution in [3.05, 3.63) is 0 Å². The van der Waals surface area contributed by atoms with Crippen molar-refractivity contribution < 1.29 is 9.47 Å². The molecule has 0 aromatic carbocycles. The van der Waals surface area contributed by atoms with Crippen LogP contribution >= 0.6 is 0 Å². The van der Waals surface area contributed by atoms with Crippen LogP contribution in [0.3, 0.4) is 0 Å². The Bertz CT molecular complexity index is 292. The molecule has 0 saturated heterocycles. The van der Waals surface area contributed by atoms with E-state index in [2.05, 4.69) is 26.1 Å². The summed E-state index contributed by atoms with van der Waals surface area (Å²) in [7, 11) is 1.75. The monoisotopic (exact) mass is 269 g/mol. The number of ether oxygens (including phenoxy) is 2. The molecule has 3 heteroatoms. The van der Waals surface area contributed by atoms with Gasteiger partial charge in [0.15, 0.2) is 0 Å². The quantitative estimate of drug-likeness (QED) is 0.687. The minimum atomic E-state index is 0.397. The summed E-state index contributed by atoms with van der Waals surface area (Å²) in [5.74, 6) is 0.872. The zero-order valence-corrected chi connectivity index (χ0v) is 13.1.